The van der Waals surface area contributed by atoms with Crippen LogP contribution in [0.4, 0.5) is 5.82 Å². The first-order chi connectivity index (χ1) is 6.88. The molecule has 0 aromatic carbocycles. The van der Waals surface area contributed by atoms with Crippen LogP contribution in [0.3, 0.4) is 0 Å². The van der Waals surface area contributed by atoms with Gasteiger partial charge in [-0.1, -0.05) is 6.07 Å². The second-order valence-corrected chi connectivity index (χ2v) is 2.93. The number of hydrogen-bond donors (Lipinski definition) is 2. The molecule has 4 heteroatoms. The molecule has 1 aromatic rings. The van der Waals surface area contributed by atoms with Crippen LogP contribution < -0.4 is 10.6 Å². The third-order valence-corrected chi connectivity index (χ3v) is 1.93. The van der Waals surface area contributed by atoms with E-state index in [4.69, 9.17) is 4.74 Å². The first-order valence-corrected chi connectivity index (χ1v) is 4.69. The van der Waals surface area contributed by atoms with Crippen molar-refractivity contribution in [2.45, 2.75) is 6.54 Å². The van der Waals surface area contributed by atoms with Gasteiger partial charge in [-0.2, -0.15) is 0 Å². The highest BCUT2D eigenvalue weighted by Gasteiger charge is 1.99. The summed E-state index contributed by atoms with van der Waals surface area (Å²) < 4.78 is 4.94. The van der Waals surface area contributed by atoms with Crippen LogP contribution in [0.5, 0.6) is 0 Å². The molecule has 0 fully saturated rings. The fourth-order valence-electron chi connectivity index (χ4n) is 1.20. The Labute approximate surface area is 84.7 Å². The average Bonchev–Trinajstić information content (AvgIpc) is 2.25. The Balaban J connectivity index is 2.41. The summed E-state index contributed by atoms with van der Waals surface area (Å²) in [5.74, 6) is 0.928. The van der Waals surface area contributed by atoms with Gasteiger partial charge in [0.15, 0.2) is 0 Å². The van der Waals surface area contributed by atoms with Crippen molar-refractivity contribution in [3.05, 3.63) is 23.9 Å². The van der Waals surface area contributed by atoms with Gasteiger partial charge >= 0.3 is 0 Å². The van der Waals surface area contributed by atoms with Crippen molar-refractivity contribution in [3.63, 3.8) is 0 Å². The van der Waals surface area contributed by atoms with E-state index < -0.39 is 0 Å². The van der Waals surface area contributed by atoms with Crippen LogP contribution in [0.25, 0.3) is 0 Å². The molecular weight excluding hydrogens is 178 g/mol. The zero-order valence-corrected chi connectivity index (χ0v) is 8.71. The zero-order chi connectivity index (χ0) is 10.2. The second-order valence-electron chi connectivity index (χ2n) is 2.93. The lowest BCUT2D eigenvalue weighted by molar-refractivity contribution is 0.199. The summed E-state index contributed by atoms with van der Waals surface area (Å²) >= 11 is 0. The minimum absolute atomic E-state index is 0.731. The number of nitrogens with one attached hydrogen (secondary N) is 2. The summed E-state index contributed by atoms with van der Waals surface area (Å²) in [4.78, 5) is 4.21. The molecular formula is C10H17N3O. The van der Waals surface area contributed by atoms with Gasteiger partial charge in [-0.05, 0) is 6.07 Å². The van der Waals surface area contributed by atoms with E-state index in [1.54, 1.807) is 13.3 Å². The average molecular weight is 195 g/mol. The fraction of sp³-hybridized carbons (Fsp3) is 0.500. The highest BCUT2D eigenvalue weighted by atomic mass is 16.5. The Bertz CT molecular complexity index is 265. The number of anilines is 1. The van der Waals surface area contributed by atoms with Crippen molar-refractivity contribution in [3.8, 4) is 0 Å². The number of nitrogens with zero attached hydrogens (tertiary/aromatic N) is 1. The molecule has 0 bridgehead atoms. The smallest absolute Gasteiger partial charge is 0.130 e. The highest BCUT2D eigenvalue weighted by molar-refractivity contribution is 5.42. The van der Waals surface area contributed by atoms with Crippen LogP contribution in [-0.4, -0.2) is 32.3 Å². The third kappa shape index (κ3) is 3.32. The summed E-state index contributed by atoms with van der Waals surface area (Å²) in [6, 6.07) is 3.99. The second kappa shape index (κ2) is 6.34. The Morgan fingerprint density at radius 1 is 1.50 bits per heavy atom. The molecule has 14 heavy (non-hydrogen) atoms. The summed E-state index contributed by atoms with van der Waals surface area (Å²) in [5, 5.41) is 6.33. The molecule has 1 heterocycles. The minimum Gasteiger partial charge on any atom is -0.383 e. The summed E-state index contributed by atoms with van der Waals surface area (Å²) in [5.41, 5.74) is 1.17. The van der Waals surface area contributed by atoms with Gasteiger partial charge in [-0.15, -0.1) is 0 Å². The van der Waals surface area contributed by atoms with Crippen molar-refractivity contribution in [2.24, 2.45) is 0 Å². The van der Waals surface area contributed by atoms with Crippen LogP contribution in [0.15, 0.2) is 18.3 Å². The maximum absolute atomic E-state index is 4.94. The zero-order valence-electron chi connectivity index (χ0n) is 8.71. The molecule has 4 nitrogen and oxygen atoms in total. The number of methoxy groups -OCH3 is 1. The molecule has 0 aliphatic rings. The molecule has 0 saturated heterocycles. The Morgan fingerprint density at radius 2 is 2.36 bits per heavy atom. The molecule has 1 aromatic heterocycles. The van der Waals surface area contributed by atoms with Gasteiger partial charge in [-0.25, -0.2) is 4.98 Å². The van der Waals surface area contributed by atoms with E-state index in [1.165, 1.54) is 5.56 Å². The van der Waals surface area contributed by atoms with Gasteiger partial charge < -0.3 is 15.4 Å². The molecule has 0 unspecified atom stereocenters. The number of ether oxygens (including phenoxy) is 1. The van der Waals surface area contributed by atoms with Crippen LogP contribution in [0.2, 0.25) is 0 Å². The van der Waals surface area contributed by atoms with Crippen molar-refractivity contribution in [1.29, 1.82) is 0 Å². The number of hydrogen-bond acceptors (Lipinski definition) is 4. The molecule has 78 valence electrons. The first kappa shape index (κ1) is 10.9. The lowest BCUT2D eigenvalue weighted by Crippen LogP contribution is -2.19. The van der Waals surface area contributed by atoms with Gasteiger partial charge in [0.1, 0.15) is 5.82 Å². The Morgan fingerprint density at radius 3 is 3.07 bits per heavy atom. The first-order valence-electron chi connectivity index (χ1n) is 4.69. The van der Waals surface area contributed by atoms with Gasteiger partial charge in [0.25, 0.3) is 0 Å². The van der Waals surface area contributed by atoms with E-state index in [0.29, 0.717) is 0 Å². The molecule has 0 aliphatic heterocycles. The van der Waals surface area contributed by atoms with Crippen LogP contribution in [0, 0.1) is 0 Å². The van der Waals surface area contributed by atoms with Crippen LogP contribution >= 0.6 is 0 Å². The molecule has 0 atom stereocenters. The quantitative estimate of drug-likeness (QED) is 0.661. The predicted molar refractivity (Wildman–Crippen MR) is 57.4 cm³/mol. The predicted octanol–water partition coefficient (Wildman–Crippen LogP) is 0.859. The van der Waals surface area contributed by atoms with Crippen LogP contribution in [0.1, 0.15) is 5.56 Å². The summed E-state index contributed by atoms with van der Waals surface area (Å²) in [6.07, 6.45) is 1.78. The highest BCUT2D eigenvalue weighted by Crippen LogP contribution is 2.09. The molecule has 0 radical (unpaired) electrons. The van der Waals surface area contributed by atoms with Crippen molar-refractivity contribution >= 4 is 5.82 Å². The Kier molecular flexibility index (Phi) is 4.96. The van der Waals surface area contributed by atoms with Gasteiger partial charge in [0.2, 0.25) is 0 Å². The SMILES string of the molecule is CNc1ncccc1CNCCOC. The van der Waals surface area contributed by atoms with E-state index >= 15 is 0 Å². The fourth-order valence-corrected chi connectivity index (χ4v) is 1.20. The maximum atomic E-state index is 4.94. The van der Waals surface area contributed by atoms with Crippen molar-refractivity contribution in [1.82, 2.24) is 10.3 Å². The number of rotatable bonds is 6. The van der Waals surface area contributed by atoms with E-state index in [1.807, 2.05) is 13.1 Å². The molecule has 2 N–H and O–H groups in total. The maximum Gasteiger partial charge on any atom is 0.130 e. The monoisotopic (exact) mass is 195 g/mol. The molecule has 0 spiro atoms. The topological polar surface area (TPSA) is 46.2 Å². The standard InChI is InChI=1S/C10H17N3O/c1-11-10-9(4-3-5-13-10)8-12-6-7-14-2/h3-5,12H,6-8H2,1-2H3,(H,11,13). The van der Waals surface area contributed by atoms with E-state index in [0.717, 1.165) is 25.5 Å². The van der Waals surface area contributed by atoms with Gasteiger partial charge in [-0.3, -0.25) is 0 Å². The number of aromatic nitrogens is 1. The molecule has 0 aliphatic carbocycles. The van der Waals surface area contributed by atoms with E-state index in [9.17, 15) is 0 Å². The lowest BCUT2D eigenvalue weighted by Gasteiger charge is -2.08. The van der Waals surface area contributed by atoms with E-state index in [-0.39, 0.29) is 0 Å². The third-order valence-electron chi connectivity index (χ3n) is 1.93. The molecule has 0 saturated carbocycles. The van der Waals surface area contributed by atoms with E-state index in [2.05, 4.69) is 21.7 Å². The normalized spacial score (nSPS) is 10.1. The molecule has 0 amide bonds. The van der Waals surface area contributed by atoms with Crippen LogP contribution in [-0.2, 0) is 11.3 Å². The number of pyridine rings is 1. The summed E-state index contributed by atoms with van der Waals surface area (Å²) in [7, 11) is 3.58. The van der Waals surface area contributed by atoms with Crippen molar-refractivity contribution < 1.29 is 4.74 Å². The largest absolute Gasteiger partial charge is 0.383 e. The molecule has 1 rings (SSSR count). The van der Waals surface area contributed by atoms with Gasteiger partial charge in [0, 0.05) is 39.0 Å². The lowest BCUT2D eigenvalue weighted by atomic mass is 10.2. The summed E-state index contributed by atoms with van der Waals surface area (Å²) in [6.45, 7) is 2.40. The minimum atomic E-state index is 0.731. The van der Waals surface area contributed by atoms with Crippen molar-refractivity contribution in [2.75, 3.05) is 32.6 Å². The Hall–Kier alpha value is -1.13. The van der Waals surface area contributed by atoms with Gasteiger partial charge in [0.05, 0.1) is 6.61 Å².